The van der Waals surface area contributed by atoms with Crippen molar-refractivity contribution in [2.24, 2.45) is 0 Å². The first-order valence-electron chi connectivity index (χ1n) is 11.1. The van der Waals surface area contributed by atoms with Crippen LogP contribution in [0.5, 0.6) is 0 Å². The van der Waals surface area contributed by atoms with E-state index in [9.17, 15) is 14.4 Å². The molecule has 7 nitrogen and oxygen atoms in total. The van der Waals surface area contributed by atoms with Crippen LogP contribution in [0, 0.1) is 13.8 Å². The van der Waals surface area contributed by atoms with Crippen LogP contribution in [-0.4, -0.2) is 36.3 Å². The normalized spacial score (nSPS) is 16.1. The number of para-hydroxylation sites is 2. The average Bonchev–Trinajstić information content (AvgIpc) is 2.72. The third-order valence-electron chi connectivity index (χ3n) is 5.63. The van der Waals surface area contributed by atoms with Gasteiger partial charge in [-0.25, -0.2) is 0 Å². The van der Waals surface area contributed by atoms with Gasteiger partial charge in [-0.15, -0.1) is 0 Å². The van der Waals surface area contributed by atoms with E-state index < -0.39 is 6.04 Å². The molecule has 3 amide bonds. The smallest absolute Gasteiger partial charge is 0.247 e. The van der Waals surface area contributed by atoms with Crippen molar-refractivity contribution in [1.29, 1.82) is 0 Å². The van der Waals surface area contributed by atoms with Gasteiger partial charge in [-0.05, 0) is 51.0 Å². The predicted molar refractivity (Wildman–Crippen MR) is 128 cm³/mol. The number of carbonyl (C=O) groups excluding carboxylic acids is 3. The van der Waals surface area contributed by atoms with Gasteiger partial charge in [0.15, 0.2) is 0 Å². The highest BCUT2D eigenvalue weighted by atomic mass is 16.2. The van der Waals surface area contributed by atoms with Crippen molar-refractivity contribution in [1.82, 2.24) is 5.32 Å². The molecule has 3 rings (SSSR count). The van der Waals surface area contributed by atoms with Crippen LogP contribution in [0.4, 0.5) is 17.1 Å². The summed E-state index contributed by atoms with van der Waals surface area (Å²) >= 11 is 0. The Bertz CT molecular complexity index is 1000. The van der Waals surface area contributed by atoms with Crippen LogP contribution in [0.25, 0.3) is 0 Å². The van der Waals surface area contributed by atoms with Crippen LogP contribution in [-0.2, 0) is 14.4 Å². The summed E-state index contributed by atoms with van der Waals surface area (Å²) in [5, 5.41) is 8.76. The Morgan fingerprint density at radius 2 is 1.88 bits per heavy atom. The summed E-state index contributed by atoms with van der Waals surface area (Å²) in [4.78, 5) is 40.2. The van der Waals surface area contributed by atoms with Crippen LogP contribution in [0.2, 0.25) is 0 Å². The monoisotopic (exact) mass is 436 g/mol. The van der Waals surface area contributed by atoms with Gasteiger partial charge in [0, 0.05) is 11.7 Å². The summed E-state index contributed by atoms with van der Waals surface area (Å²) in [5.41, 5.74) is 4.15. The molecule has 0 fully saturated rings. The second-order valence-electron chi connectivity index (χ2n) is 8.48. The summed E-state index contributed by atoms with van der Waals surface area (Å²) in [6.07, 6.45) is 1.79. The molecule has 2 aromatic rings. The van der Waals surface area contributed by atoms with Gasteiger partial charge in [0.1, 0.15) is 6.04 Å². The van der Waals surface area contributed by atoms with E-state index in [1.54, 1.807) is 11.0 Å². The van der Waals surface area contributed by atoms with Gasteiger partial charge in [0.25, 0.3) is 0 Å². The van der Waals surface area contributed by atoms with Crippen molar-refractivity contribution < 1.29 is 14.4 Å². The zero-order valence-corrected chi connectivity index (χ0v) is 19.2. The third kappa shape index (κ3) is 5.66. The Hall–Kier alpha value is -3.35. The fourth-order valence-electron chi connectivity index (χ4n) is 4.06. The number of carbonyl (C=O) groups is 3. The maximum Gasteiger partial charge on any atom is 0.247 e. The fourth-order valence-corrected chi connectivity index (χ4v) is 4.06. The molecule has 0 saturated heterocycles. The van der Waals surface area contributed by atoms with Gasteiger partial charge in [0.05, 0.1) is 24.3 Å². The minimum Gasteiger partial charge on any atom is -0.352 e. The summed E-state index contributed by atoms with van der Waals surface area (Å²) in [5.74, 6) is -0.745. The summed E-state index contributed by atoms with van der Waals surface area (Å²) in [6, 6.07) is 12.4. The molecule has 7 heteroatoms. The lowest BCUT2D eigenvalue weighted by atomic mass is 10.0. The molecule has 2 atom stereocenters. The van der Waals surface area contributed by atoms with Crippen LogP contribution >= 0.6 is 0 Å². The molecule has 1 aliphatic heterocycles. The van der Waals surface area contributed by atoms with E-state index in [0.717, 1.165) is 35.3 Å². The predicted octanol–water partition coefficient (Wildman–Crippen LogP) is 3.76. The first-order valence-corrected chi connectivity index (χ1v) is 11.1. The average molecular weight is 437 g/mol. The zero-order valence-electron chi connectivity index (χ0n) is 19.2. The molecular weight excluding hydrogens is 404 g/mol. The van der Waals surface area contributed by atoms with Crippen molar-refractivity contribution in [3.8, 4) is 0 Å². The van der Waals surface area contributed by atoms with Crippen LogP contribution in [0.15, 0.2) is 42.5 Å². The van der Waals surface area contributed by atoms with E-state index in [1.807, 2.05) is 57.2 Å². The summed E-state index contributed by atoms with van der Waals surface area (Å²) < 4.78 is 0. The van der Waals surface area contributed by atoms with Gasteiger partial charge in [-0.1, -0.05) is 43.2 Å². The molecule has 170 valence electrons. The van der Waals surface area contributed by atoms with Crippen LogP contribution in [0.1, 0.15) is 44.2 Å². The lowest BCUT2D eigenvalue weighted by Gasteiger charge is -2.37. The second-order valence-corrected chi connectivity index (χ2v) is 8.48. The van der Waals surface area contributed by atoms with E-state index in [-0.39, 0.29) is 36.7 Å². The first-order chi connectivity index (χ1) is 15.3. The van der Waals surface area contributed by atoms with Crippen LogP contribution in [0.3, 0.4) is 0 Å². The summed E-state index contributed by atoms with van der Waals surface area (Å²) in [6.45, 7) is 7.96. The van der Waals surface area contributed by atoms with E-state index >= 15 is 0 Å². The fraction of sp³-hybridized carbons (Fsp3) is 0.400. The number of aryl methyl sites for hydroxylation is 2. The van der Waals surface area contributed by atoms with Gasteiger partial charge < -0.3 is 20.9 Å². The number of hydrogen-bond acceptors (Lipinski definition) is 4. The number of nitrogens with zero attached hydrogens (tertiary/aromatic N) is 1. The standard InChI is InChI=1S/C25H32N4O3/c1-5-8-18(4)26-24(31)15-29-21-10-7-6-9-20(21)28-25(32)22(29)14-23(30)27-19-12-11-16(2)13-17(19)3/h6-7,9-13,18,22H,5,8,14-15H2,1-4H3,(H,26,31)(H,27,30)(H,28,32). The number of amides is 3. The van der Waals surface area contributed by atoms with Gasteiger partial charge in [-0.2, -0.15) is 0 Å². The molecule has 2 aromatic carbocycles. The maximum absolute atomic E-state index is 12.9. The molecule has 32 heavy (non-hydrogen) atoms. The van der Waals surface area contributed by atoms with E-state index in [1.165, 1.54) is 0 Å². The molecule has 0 spiro atoms. The second kappa shape index (κ2) is 10.3. The Kier molecular flexibility index (Phi) is 7.51. The number of benzene rings is 2. The van der Waals surface area contributed by atoms with Crippen LogP contribution < -0.4 is 20.9 Å². The number of fused-ring (bicyclic) bond motifs is 1. The Labute approximate surface area is 189 Å². The SMILES string of the molecule is CCCC(C)NC(=O)CN1c2ccccc2NC(=O)C1CC(=O)Nc1ccc(C)cc1C. The van der Waals surface area contributed by atoms with Gasteiger partial charge in [0.2, 0.25) is 17.7 Å². The lowest BCUT2D eigenvalue weighted by Crippen LogP contribution is -2.53. The first kappa shape index (κ1) is 23.3. The van der Waals surface area contributed by atoms with Crippen molar-refractivity contribution >= 4 is 34.8 Å². The van der Waals surface area contributed by atoms with Gasteiger partial charge >= 0.3 is 0 Å². The number of anilines is 3. The lowest BCUT2D eigenvalue weighted by molar-refractivity contribution is -0.123. The zero-order chi connectivity index (χ0) is 23.3. The van der Waals surface area contributed by atoms with E-state index in [4.69, 9.17) is 0 Å². The highest BCUT2D eigenvalue weighted by molar-refractivity contribution is 6.07. The van der Waals surface area contributed by atoms with Crippen molar-refractivity contribution in [3.05, 3.63) is 53.6 Å². The van der Waals surface area contributed by atoms with E-state index in [0.29, 0.717) is 5.69 Å². The number of hydrogen-bond donors (Lipinski definition) is 3. The third-order valence-corrected chi connectivity index (χ3v) is 5.63. The maximum atomic E-state index is 12.9. The van der Waals surface area contributed by atoms with Crippen molar-refractivity contribution in [2.75, 3.05) is 22.1 Å². The van der Waals surface area contributed by atoms with Crippen molar-refractivity contribution in [2.45, 2.75) is 59.0 Å². The molecule has 0 bridgehead atoms. The topological polar surface area (TPSA) is 90.5 Å². The molecule has 1 heterocycles. The highest BCUT2D eigenvalue weighted by Gasteiger charge is 2.35. The Morgan fingerprint density at radius 3 is 2.59 bits per heavy atom. The summed E-state index contributed by atoms with van der Waals surface area (Å²) in [7, 11) is 0. The molecule has 0 saturated carbocycles. The van der Waals surface area contributed by atoms with Crippen molar-refractivity contribution in [3.63, 3.8) is 0 Å². The number of nitrogens with one attached hydrogen (secondary N) is 3. The minimum atomic E-state index is -0.789. The van der Waals surface area contributed by atoms with Gasteiger partial charge in [-0.3, -0.25) is 14.4 Å². The molecule has 3 N–H and O–H groups in total. The largest absolute Gasteiger partial charge is 0.352 e. The molecule has 2 unspecified atom stereocenters. The minimum absolute atomic E-state index is 0.00000619. The molecule has 0 radical (unpaired) electrons. The molecular formula is C25H32N4O3. The van der Waals surface area contributed by atoms with E-state index in [2.05, 4.69) is 22.9 Å². The quantitative estimate of drug-likeness (QED) is 0.588. The molecule has 1 aliphatic rings. The number of rotatable bonds is 8. The Balaban J connectivity index is 1.79. The Morgan fingerprint density at radius 1 is 1.12 bits per heavy atom. The highest BCUT2D eigenvalue weighted by Crippen LogP contribution is 2.32. The molecule has 0 aromatic heterocycles. The molecule has 0 aliphatic carbocycles.